The van der Waals surface area contributed by atoms with Crippen LogP contribution in [0.15, 0.2) is 54.6 Å². The Bertz CT molecular complexity index is 779. The van der Waals surface area contributed by atoms with Crippen LogP contribution in [0.25, 0.3) is 0 Å². The molecule has 140 valence electrons. The van der Waals surface area contributed by atoms with Crippen molar-refractivity contribution in [3.63, 3.8) is 0 Å². The van der Waals surface area contributed by atoms with Gasteiger partial charge in [-0.15, -0.1) is 0 Å². The van der Waals surface area contributed by atoms with E-state index in [1.807, 2.05) is 0 Å². The smallest absolute Gasteiger partial charge is 0.223 e. The van der Waals surface area contributed by atoms with E-state index in [1.54, 1.807) is 0 Å². The molecule has 2 bridgehead atoms. The molecule has 2 aliphatic heterocycles. The summed E-state index contributed by atoms with van der Waals surface area (Å²) in [5.41, 5.74) is 4.20. The Morgan fingerprint density at radius 1 is 0.889 bits per heavy atom. The largest absolute Gasteiger partial charge is 0.352 e. The molecule has 0 radical (unpaired) electrons. The van der Waals surface area contributed by atoms with Crippen molar-refractivity contribution in [3.05, 3.63) is 71.3 Å². The molecule has 5 rings (SSSR count). The van der Waals surface area contributed by atoms with Gasteiger partial charge >= 0.3 is 0 Å². The Morgan fingerprint density at radius 2 is 1.48 bits per heavy atom. The molecule has 2 saturated heterocycles. The van der Waals surface area contributed by atoms with Crippen LogP contribution in [0.5, 0.6) is 0 Å². The van der Waals surface area contributed by atoms with Crippen LogP contribution < -0.4 is 5.32 Å². The number of nitrogens with one attached hydrogen (secondary N) is 1. The van der Waals surface area contributed by atoms with Crippen molar-refractivity contribution < 1.29 is 4.79 Å². The van der Waals surface area contributed by atoms with Gasteiger partial charge in [-0.2, -0.15) is 0 Å². The maximum absolute atomic E-state index is 13.0. The molecule has 0 aromatic heterocycles. The van der Waals surface area contributed by atoms with Gasteiger partial charge in [0.2, 0.25) is 5.91 Å². The van der Waals surface area contributed by atoms with Gasteiger partial charge in [-0.3, -0.25) is 9.69 Å². The first-order valence-corrected chi connectivity index (χ1v) is 10.4. The highest BCUT2D eigenvalue weighted by atomic mass is 16.2. The minimum atomic E-state index is 0.193. The van der Waals surface area contributed by atoms with Crippen molar-refractivity contribution in [2.24, 2.45) is 5.92 Å². The molecule has 1 N–H and O–H groups in total. The van der Waals surface area contributed by atoms with Crippen LogP contribution in [0.3, 0.4) is 0 Å². The molecule has 2 aromatic carbocycles. The van der Waals surface area contributed by atoms with Gasteiger partial charge in [0, 0.05) is 30.6 Å². The summed E-state index contributed by atoms with van der Waals surface area (Å²) in [5, 5.41) is 3.37. The van der Waals surface area contributed by atoms with E-state index < -0.39 is 0 Å². The lowest BCUT2D eigenvalue weighted by Crippen LogP contribution is -2.48. The van der Waals surface area contributed by atoms with E-state index in [2.05, 4.69) is 64.8 Å². The Labute approximate surface area is 161 Å². The van der Waals surface area contributed by atoms with E-state index >= 15 is 0 Å². The second kappa shape index (κ2) is 7.12. The monoisotopic (exact) mass is 360 g/mol. The molecule has 2 aromatic rings. The summed E-state index contributed by atoms with van der Waals surface area (Å²) in [4.78, 5) is 15.6. The zero-order chi connectivity index (χ0) is 18.2. The number of piperidine rings is 1. The van der Waals surface area contributed by atoms with Gasteiger partial charge in [-0.1, -0.05) is 54.6 Å². The number of nitrogens with zero attached hydrogens (tertiary/aromatic N) is 1. The Balaban J connectivity index is 1.19. The average Bonchev–Trinajstić information content (AvgIpc) is 3.18. The van der Waals surface area contributed by atoms with Gasteiger partial charge in [0.05, 0.1) is 0 Å². The van der Waals surface area contributed by atoms with Crippen LogP contribution in [0.2, 0.25) is 0 Å². The molecular formula is C24H28N2O. The van der Waals surface area contributed by atoms with E-state index in [0.717, 1.165) is 32.2 Å². The molecule has 2 heterocycles. The SMILES string of the molecule is O=C(NC1Cc2ccccc2C1)C1CC2CCC(C1)N2Cc1ccccc1. The molecule has 1 amide bonds. The second-order valence-corrected chi connectivity index (χ2v) is 8.59. The molecule has 0 spiro atoms. The molecule has 2 unspecified atom stereocenters. The number of amides is 1. The van der Waals surface area contributed by atoms with E-state index in [9.17, 15) is 4.79 Å². The predicted molar refractivity (Wildman–Crippen MR) is 107 cm³/mol. The average molecular weight is 361 g/mol. The van der Waals surface area contributed by atoms with Gasteiger partial charge in [-0.05, 0) is 55.2 Å². The number of carbonyl (C=O) groups excluding carboxylic acids is 1. The Hall–Kier alpha value is -2.13. The van der Waals surface area contributed by atoms with Gasteiger partial charge in [0.25, 0.3) is 0 Å². The highest BCUT2D eigenvalue weighted by Gasteiger charge is 2.43. The molecule has 0 saturated carbocycles. The quantitative estimate of drug-likeness (QED) is 0.901. The summed E-state index contributed by atoms with van der Waals surface area (Å²) >= 11 is 0. The van der Waals surface area contributed by atoms with E-state index in [-0.39, 0.29) is 12.0 Å². The molecule has 27 heavy (non-hydrogen) atoms. The van der Waals surface area contributed by atoms with E-state index in [1.165, 1.54) is 29.5 Å². The third kappa shape index (κ3) is 3.41. The summed E-state index contributed by atoms with van der Waals surface area (Å²) in [6.07, 6.45) is 6.51. The molecule has 3 heteroatoms. The fraction of sp³-hybridized carbons (Fsp3) is 0.458. The number of rotatable bonds is 4. The molecule has 1 aliphatic carbocycles. The van der Waals surface area contributed by atoms with E-state index in [0.29, 0.717) is 18.0 Å². The van der Waals surface area contributed by atoms with Crippen LogP contribution in [0, 0.1) is 5.92 Å². The third-order valence-electron chi connectivity index (χ3n) is 6.86. The van der Waals surface area contributed by atoms with Gasteiger partial charge in [0.15, 0.2) is 0 Å². The standard InChI is InChI=1S/C24H28N2O/c27-24(25-21-12-18-8-4-5-9-19(18)13-21)20-14-22-10-11-23(15-20)26(22)16-17-6-2-1-3-7-17/h1-9,20-23H,10-16H2,(H,25,27). The van der Waals surface area contributed by atoms with Gasteiger partial charge < -0.3 is 5.32 Å². The van der Waals surface area contributed by atoms with Crippen LogP contribution in [0.4, 0.5) is 0 Å². The van der Waals surface area contributed by atoms with Crippen LogP contribution in [-0.4, -0.2) is 28.9 Å². The van der Waals surface area contributed by atoms with Gasteiger partial charge in [0.1, 0.15) is 0 Å². The van der Waals surface area contributed by atoms with Crippen molar-refractivity contribution in [1.82, 2.24) is 10.2 Å². The number of benzene rings is 2. The number of fused-ring (bicyclic) bond motifs is 3. The summed E-state index contributed by atoms with van der Waals surface area (Å²) in [7, 11) is 0. The third-order valence-corrected chi connectivity index (χ3v) is 6.86. The first kappa shape index (κ1) is 17.0. The lowest BCUT2D eigenvalue weighted by atomic mass is 9.89. The summed E-state index contributed by atoms with van der Waals surface area (Å²) in [6, 6.07) is 20.8. The van der Waals surface area contributed by atoms with Crippen molar-refractivity contribution >= 4 is 5.91 Å². The Morgan fingerprint density at radius 3 is 2.11 bits per heavy atom. The van der Waals surface area contributed by atoms with Crippen molar-refractivity contribution in [1.29, 1.82) is 0 Å². The zero-order valence-electron chi connectivity index (χ0n) is 15.8. The molecular weight excluding hydrogens is 332 g/mol. The highest BCUT2D eigenvalue weighted by molar-refractivity contribution is 5.79. The lowest BCUT2D eigenvalue weighted by molar-refractivity contribution is -0.128. The van der Waals surface area contributed by atoms with Crippen LogP contribution >= 0.6 is 0 Å². The zero-order valence-corrected chi connectivity index (χ0v) is 15.8. The fourth-order valence-corrected chi connectivity index (χ4v) is 5.52. The predicted octanol–water partition coefficient (Wildman–Crippen LogP) is 3.71. The normalized spacial score (nSPS) is 27.5. The second-order valence-electron chi connectivity index (χ2n) is 8.59. The van der Waals surface area contributed by atoms with Crippen molar-refractivity contribution in [2.45, 2.75) is 63.2 Å². The number of hydrogen-bond donors (Lipinski definition) is 1. The van der Waals surface area contributed by atoms with E-state index in [4.69, 9.17) is 0 Å². The first-order chi connectivity index (χ1) is 13.3. The van der Waals surface area contributed by atoms with Crippen molar-refractivity contribution in [2.75, 3.05) is 0 Å². The van der Waals surface area contributed by atoms with Crippen LogP contribution in [-0.2, 0) is 24.2 Å². The van der Waals surface area contributed by atoms with Gasteiger partial charge in [-0.25, -0.2) is 0 Å². The molecule has 3 nitrogen and oxygen atoms in total. The van der Waals surface area contributed by atoms with Crippen molar-refractivity contribution in [3.8, 4) is 0 Å². The Kier molecular flexibility index (Phi) is 4.48. The summed E-state index contributed by atoms with van der Waals surface area (Å²) in [5.74, 6) is 0.488. The topological polar surface area (TPSA) is 32.3 Å². The molecule has 3 aliphatic rings. The number of carbonyl (C=O) groups is 1. The first-order valence-electron chi connectivity index (χ1n) is 10.4. The maximum Gasteiger partial charge on any atom is 0.223 e. The molecule has 2 atom stereocenters. The number of hydrogen-bond acceptors (Lipinski definition) is 2. The summed E-state index contributed by atoms with van der Waals surface area (Å²) in [6.45, 7) is 1.03. The molecule has 2 fully saturated rings. The lowest BCUT2D eigenvalue weighted by Gasteiger charge is -2.38. The fourth-order valence-electron chi connectivity index (χ4n) is 5.52. The highest BCUT2D eigenvalue weighted by Crippen LogP contribution is 2.39. The minimum Gasteiger partial charge on any atom is -0.352 e. The summed E-state index contributed by atoms with van der Waals surface area (Å²) < 4.78 is 0. The minimum absolute atomic E-state index is 0.193. The van der Waals surface area contributed by atoms with Crippen LogP contribution in [0.1, 0.15) is 42.4 Å². The maximum atomic E-state index is 13.0.